The second kappa shape index (κ2) is 6.45. The third-order valence-corrected chi connectivity index (χ3v) is 4.24. The van der Waals surface area contributed by atoms with Crippen LogP contribution in [0.4, 0.5) is 0 Å². The van der Waals surface area contributed by atoms with Crippen LogP contribution in [-0.2, 0) is 28.6 Å². The molecule has 0 aliphatic rings. The fourth-order valence-corrected chi connectivity index (χ4v) is 2.49. The van der Waals surface area contributed by atoms with Crippen LogP contribution in [0, 0.1) is 16.2 Å². The molecule has 1 unspecified atom stereocenters. The van der Waals surface area contributed by atoms with Crippen molar-refractivity contribution in [1.29, 1.82) is 0 Å². The van der Waals surface area contributed by atoms with Crippen molar-refractivity contribution in [2.24, 2.45) is 16.2 Å². The van der Waals surface area contributed by atoms with Gasteiger partial charge in [0.2, 0.25) is 0 Å². The molecule has 0 spiro atoms. The molecule has 0 aromatic carbocycles. The summed E-state index contributed by atoms with van der Waals surface area (Å²) in [6.07, 6.45) is 0.0848. The minimum absolute atomic E-state index is 0.0848. The van der Waals surface area contributed by atoms with Crippen molar-refractivity contribution in [2.75, 3.05) is 21.3 Å². The second-order valence-electron chi connectivity index (χ2n) is 6.49. The molecule has 0 saturated heterocycles. The predicted octanol–water partition coefficient (Wildman–Crippen LogP) is 1.95. The molecular formula is C15H26O6. The van der Waals surface area contributed by atoms with Crippen molar-refractivity contribution < 1.29 is 28.6 Å². The highest BCUT2D eigenvalue weighted by Gasteiger charge is 2.56. The molecule has 122 valence electrons. The van der Waals surface area contributed by atoms with Gasteiger partial charge in [-0.1, -0.05) is 0 Å². The Morgan fingerprint density at radius 2 is 1.10 bits per heavy atom. The van der Waals surface area contributed by atoms with Gasteiger partial charge < -0.3 is 14.2 Å². The largest absolute Gasteiger partial charge is 0.469 e. The molecule has 1 atom stereocenters. The lowest BCUT2D eigenvalue weighted by Gasteiger charge is -2.42. The van der Waals surface area contributed by atoms with Gasteiger partial charge in [-0.25, -0.2) is 0 Å². The number of carbonyl (C=O) groups is 3. The molecule has 0 rings (SSSR count). The maximum absolute atomic E-state index is 12.3. The summed E-state index contributed by atoms with van der Waals surface area (Å²) in [6, 6.07) is 0. The highest BCUT2D eigenvalue weighted by Crippen LogP contribution is 2.48. The number of carbonyl (C=O) groups excluding carboxylic acids is 3. The lowest BCUT2D eigenvalue weighted by molar-refractivity contribution is -0.179. The van der Waals surface area contributed by atoms with Gasteiger partial charge in [-0.05, 0) is 41.0 Å². The van der Waals surface area contributed by atoms with Gasteiger partial charge in [0.05, 0.1) is 37.6 Å². The number of rotatable bonds is 6. The first-order valence-corrected chi connectivity index (χ1v) is 6.66. The highest BCUT2D eigenvalue weighted by molar-refractivity contribution is 5.88. The maximum Gasteiger partial charge on any atom is 0.312 e. The number of hydrogen-bond acceptors (Lipinski definition) is 6. The normalized spacial score (nSPS) is 14.9. The van der Waals surface area contributed by atoms with E-state index in [0.717, 1.165) is 0 Å². The lowest BCUT2D eigenvalue weighted by atomic mass is 9.60. The van der Waals surface area contributed by atoms with Crippen LogP contribution in [0.15, 0.2) is 0 Å². The van der Waals surface area contributed by atoms with E-state index < -0.39 is 34.2 Å². The third kappa shape index (κ3) is 3.54. The summed E-state index contributed by atoms with van der Waals surface area (Å²) in [4.78, 5) is 36.3. The Labute approximate surface area is 126 Å². The van der Waals surface area contributed by atoms with Crippen LogP contribution >= 0.6 is 0 Å². The molecule has 0 saturated carbocycles. The van der Waals surface area contributed by atoms with Crippen LogP contribution < -0.4 is 0 Å². The molecule has 0 radical (unpaired) electrons. The Morgan fingerprint density at radius 3 is 1.43 bits per heavy atom. The zero-order chi connectivity index (χ0) is 17.1. The molecule has 6 heteroatoms. The molecule has 0 bridgehead atoms. The van der Waals surface area contributed by atoms with Gasteiger partial charge >= 0.3 is 17.9 Å². The average molecular weight is 302 g/mol. The molecule has 0 aromatic heterocycles. The van der Waals surface area contributed by atoms with Gasteiger partial charge in [-0.15, -0.1) is 0 Å². The van der Waals surface area contributed by atoms with Crippen molar-refractivity contribution in [1.82, 2.24) is 0 Å². The maximum atomic E-state index is 12.3. The van der Waals surface area contributed by atoms with E-state index in [4.69, 9.17) is 14.2 Å². The van der Waals surface area contributed by atoms with Crippen LogP contribution in [0.3, 0.4) is 0 Å². The molecule has 0 amide bonds. The monoisotopic (exact) mass is 302 g/mol. The van der Waals surface area contributed by atoms with Crippen LogP contribution in [0.1, 0.15) is 41.0 Å². The SMILES string of the molecule is COC(=O)C(C)(C)CC(C)(C(=O)OC)C(C)(C)C(=O)OC. The van der Waals surface area contributed by atoms with Gasteiger partial charge in [0.15, 0.2) is 0 Å². The van der Waals surface area contributed by atoms with Gasteiger partial charge in [0.25, 0.3) is 0 Å². The van der Waals surface area contributed by atoms with E-state index in [9.17, 15) is 14.4 Å². The summed E-state index contributed by atoms with van der Waals surface area (Å²) in [5.74, 6) is -1.58. The summed E-state index contributed by atoms with van der Waals surface area (Å²) >= 11 is 0. The van der Waals surface area contributed by atoms with E-state index in [1.807, 2.05) is 0 Å². The molecule has 6 nitrogen and oxygen atoms in total. The van der Waals surface area contributed by atoms with Crippen molar-refractivity contribution in [3.8, 4) is 0 Å². The molecule has 0 aliphatic carbocycles. The first kappa shape index (κ1) is 19.4. The zero-order valence-electron chi connectivity index (χ0n) is 14.2. The fraction of sp³-hybridized carbons (Fsp3) is 0.800. The Hall–Kier alpha value is -1.59. The first-order chi connectivity index (χ1) is 9.40. The van der Waals surface area contributed by atoms with Gasteiger partial charge in [0, 0.05) is 0 Å². The number of ether oxygens (including phenoxy) is 3. The minimum Gasteiger partial charge on any atom is -0.469 e. The fourth-order valence-electron chi connectivity index (χ4n) is 2.49. The zero-order valence-corrected chi connectivity index (χ0v) is 14.2. The average Bonchev–Trinajstić information content (AvgIpc) is 2.43. The Bertz CT molecular complexity index is 424. The van der Waals surface area contributed by atoms with Crippen LogP contribution in [-0.4, -0.2) is 39.2 Å². The summed E-state index contributed by atoms with van der Waals surface area (Å²) in [5.41, 5.74) is -3.37. The van der Waals surface area contributed by atoms with E-state index in [-0.39, 0.29) is 6.42 Å². The number of methoxy groups -OCH3 is 3. The van der Waals surface area contributed by atoms with Crippen LogP contribution in [0.2, 0.25) is 0 Å². The van der Waals surface area contributed by atoms with Crippen LogP contribution in [0.25, 0.3) is 0 Å². The summed E-state index contributed by atoms with van der Waals surface area (Å²) in [7, 11) is 3.79. The van der Waals surface area contributed by atoms with Gasteiger partial charge in [-0.2, -0.15) is 0 Å². The van der Waals surface area contributed by atoms with E-state index in [0.29, 0.717) is 0 Å². The Kier molecular flexibility index (Phi) is 5.96. The van der Waals surface area contributed by atoms with Gasteiger partial charge in [0.1, 0.15) is 0 Å². The predicted molar refractivity (Wildman–Crippen MR) is 76.3 cm³/mol. The third-order valence-electron chi connectivity index (χ3n) is 4.24. The van der Waals surface area contributed by atoms with Crippen molar-refractivity contribution in [2.45, 2.75) is 41.0 Å². The minimum atomic E-state index is -1.24. The molecule has 0 N–H and O–H groups in total. The molecule has 0 aromatic rings. The molecule has 0 aliphatic heterocycles. The Balaban J connectivity index is 5.85. The van der Waals surface area contributed by atoms with Crippen LogP contribution in [0.5, 0.6) is 0 Å². The summed E-state index contributed by atoms with van der Waals surface area (Å²) in [6.45, 7) is 8.12. The molecule has 0 fully saturated rings. The number of esters is 3. The van der Waals surface area contributed by atoms with E-state index >= 15 is 0 Å². The molecular weight excluding hydrogens is 276 g/mol. The van der Waals surface area contributed by atoms with Crippen molar-refractivity contribution in [3.05, 3.63) is 0 Å². The first-order valence-electron chi connectivity index (χ1n) is 6.66. The molecule has 0 heterocycles. The topological polar surface area (TPSA) is 78.9 Å². The summed E-state index contributed by atoms with van der Waals surface area (Å²) < 4.78 is 14.4. The lowest BCUT2D eigenvalue weighted by Crippen LogP contribution is -2.51. The van der Waals surface area contributed by atoms with E-state index in [1.54, 1.807) is 34.6 Å². The van der Waals surface area contributed by atoms with Crippen molar-refractivity contribution >= 4 is 17.9 Å². The number of hydrogen-bond donors (Lipinski definition) is 0. The molecule has 21 heavy (non-hydrogen) atoms. The second-order valence-corrected chi connectivity index (χ2v) is 6.49. The highest BCUT2D eigenvalue weighted by atomic mass is 16.5. The quantitative estimate of drug-likeness (QED) is 0.551. The van der Waals surface area contributed by atoms with Gasteiger partial charge in [-0.3, -0.25) is 14.4 Å². The van der Waals surface area contributed by atoms with E-state index in [1.165, 1.54) is 21.3 Å². The van der Waals surface area contributed by atoms with Crippen molar-refractivity contribution in [3.63, 3.8) is 0 Å². The standard InChI is InChI=1S/C15H26O6/c1-13(2,10(16)19-6)9-15(5,12(18)21-8)14(3,4)11(17)20-7/h9H2,1-8H3. The van der Waals surface area contributed by atoms with E-state index in [2.05, 4.69) is 0 Å². The smallest absolute Gasteiger partial charge is 0.312 e. The Morgan fingerprint density at radius 1 is 0.714 bits per heavy atom. The summed E-state index contributed by atoms with van der Waals surface area (Å²) in [5, 5.41) is 0.